The molecule has 90 valence electrons. The van der Waals surface area contributed by atoms with Crippen LogP contribution in [-0.4, -0.2) is 23.9 Å². The Balaban J connectivity index is 2.74. The predicted molar refractivity (Wildman–Crippen MR) is 65.3 cm³/mol. The molecule has 0 aromatic carbocycles. The van der Waals surface area contributed by atoms with Gasteiger partial charge in [0.1, 0.15) is 0 Å². The zero-order valence-corrected chi connectivity index (χ0v) is 10.7. The molecule has 0 heterocycles. The first kappa shape index (κ1) is 13.3. The van der Waals surface area contributed by atoms with Gasteiger partial charge in [-0.15, -0.1) is 0 Å². The molecule has 3 nitrogen and oxygen atoms in total. The van der Waals surface area contributed by atoms with Crippen LogP contribution >= 0.6 is 11.8 Å². The van der Waals surface area contributed by atoms with Crippen molar-refractivity contribution in [3.05, 3.63) is 11.1 Å². The second kappa shape index (κ2) is 6.74. The highest BCUT2D eigenvalue weighted by Gasteiger charge is 2.20. The molecule has 0 amide bonds. The van der Waals surface area contributed by atoms with Crippen LogP contribution < -0.4 is 0 Å². The third kappa shape index (κ3) is 3.67. The zero-order chi connectivity index (χ0) is 12.0. The van der Waals surface area contributed by atoms with Gasteiger partial charge >= 0.3 is 5.97 Å². The number of ether oxygens (including phenoxy) is 1. The Bertz CT molecular complexity index is 307. The summed E-state index contributed by atoms with van der Waals surface area (Å²) in [5.74, 6) is -0.217. The molecule has 0 aromatic rings. The molecule has 0 aliphatic heterocycles. The van der Waals surface area contributed by atoms with Gasteiger partial charge in [-0.1, -0.05) is 17.3 Å². The molecule has 0 radical (unpaired) electrons. The van der Waals surface area contributed by atoms with E-state index in [1.807, 2.05) is 0 Å². The van der Waals surface area contributed by atoms with Crippen LogP contribution in [0.4, 0.5) is 0 Å². The third-order valence-electron chi connectivity index (χ3n) is 2.68. The van der Waals surface area contributed by atoms with E-state index >= 15 is 0 Å². The lowest BCUT2D eigenvalue weighted by molar-refractivity contribution is -0.142. The molecule has 0 saturated heterocycles. The van der Waals surface area contributed by atoms with Crippen LogP contribution in [0.2, 0.25) is 0 Å². The van der Waals surface area contributed by atoms with Gasteiger partial charge in [-0.05, 0) is 38.9 Å². The van der Waals surface area contributed by atoms with E-state index in [4.69, 9.17) is 4.74 Å². The molecule has 16 heavy (non-hydrogen) atoms. The highest BCUT2D eigenvalue weighted by atomic mass is 32.2. The molecule has 1 aliphatic rings. The van der Waals surface area contributed by atoms with Crippen molar-refractivity contribution in [3.63, 3.8) is 0 Å². The lowest BCUT2D eigenvalue weighted by Gasteiger charge is -2.18. The van der Waals surface area contributed by atoms with Crippen LogP contribution in [-0.2, 0) is 14.3 Å². The average molecular weight is 242 g/mol. The molecule has 4 heteroatoms. The minimum Gasteiger partial charge on any atom is -0.466 e. The summed E-state index contributed by atoms with van der Waals surface area (Å²) >= 11 is 1.23. The fraction of sp³-hybridized carbons (Fsp3) is 0.667. The van der Waals surface area contributed by atoms with Crippen molar-refractivity contribution in [2.24, 2.45) is 0 Å². The number of esters is 1. The SMILES string of the molecule is CCOC(=O)CC1=C(C(=O)SC)CCCC1. The van der Waals surface area contributed by atoms with Crippen molar-refractivity contribution in [1.29, 1.82) is 0 Å². The van der Waals surface area contributed by atoms with Gasteiger partial charge < -0.3 is 4.74 Å². The number of carbonyl (C=O) groups excluding carboxylic acids is 2. The molecular weight excluding hydrogens is 224 g/mol. The van der Waals surface area contributed by atoms with E-state index in [2.05, 4.69) is 0 Å². The molecule has 0 fully saturated rings. The van der Waals surface area contributed by atoms with Gasteiger partial charge in [0.25, 0.3) is 0 Å². The van der Waals surface area contributed by atoms with Crippen molar-refractivity contribution < 1.29 is 14.3 Å². The minimum absolute atomic E-state index is 0.110. The highest BCUT2D eigenvalue weighted by Crippen LogP contribution is 2.29. The molecule has 1 aliphatic carbocycles. The van der Waals surface area contributed by atoms with Crippen LogP contribution in [0.15, 0.2) is 11.1 Å². The summed E-state index contributed by atoms with van der Waals surface area (Å²) in [4.78, 5) is 23.1. The maximum Gasteiger partial charge on any atom is 0.309 e. The average Bonchev–Trinajstić information content (AvgIpc) is 2.29. The van der Waals surface area contributed by atoms with Gasteiger partial charge in [0, 0.05) is 5.57 Å². The van der Waals surface area contributed by atoms with Gasteiger partial charge in [0.05, 0.1) is 13.0 Å². The van der Waals surface area contributed by atoms with E-state index in [0.717, 1.165) is 36.8 Å². The van der Waals surface area contributed by atoms with E-state index in [9.17, 15) is 9.59 Å². The Labute approximate surface area is 101 Å². The molecule has 0 unspecified atom stereocenters. The quantitative estimate of drug-likeness (QED) is 0.711. The molecule has 0 saturated carbocycles. The number of rotatable bonds is 4. The summed E-state index contributed by atoms with van der Waals surface area (Å²) in [6.45, 7) is 2.19. The number of carbonyl (C=O) groups is 2. The number of hydrogen-bond acceptors (Lipinski definition) is 4. The summed E-state index contributed by atoms with van der Waals surface area (Å²) in [5.41, 5.74) is 1.84. The topological polar surface area (TPSA) is 43.4 Å². The van der Waals surface area contributed by atoms with Crippen molar-refractivity contribution in [2.75, 3.05) is 12.9 Å². The fourth-order valence-electron chi connectivity index (χ4n) is 1.92. The van der Waals surface area contributed by atoms with Crippen molar-refractivity contribution in [2.45, 2.75) is 39.0 Å². The first-order chi connectivity index (χ1) is 7.69. The summed E-state index contributed by atoms with van der Waals surface area (Å²) in [5, 5.41) is 0.110. The molecule has 0 atom stereocenters. The maximum absolute atomic E-state index is 11.7. The van der Waals surface area contributed by atoms with Crippen LogP contribution in [0.25, 0.3) is 0 Å². The second-order valence-corrected chi connectivity index (χ2v) is 4.54. The second-order valence-electron chi connectivity index (χ2n) is 3.76. The van der Waals surface area contributed by atoms with Crippen molar-refractivity contribution in [1.82, 2.24) is 0 Å². The predicted octanol–water partition coefficient (Wildman–Crippen LogP) is 2.70. The monoisotopic (exact) mass is 242 g/mol. The first-order valence-electron chi connectivity index (χ1n) is 5.63. The lowest BCUT2D eigenvalue weighted by atomic mass is 9.90. The Morgan fingerprint density at radius 3 is 2.62 bits per heavy atom. The first-order valence-corrected chi connectivity index (χ1v) is 6.86. The smallest absolute Gasteiger partial charge is 0.309 e. The van der Waals surface area contributed by atoms with Crippen LogP contribution in [0.1, 0.15) is 39.0 Å². The van der Waals surface area contributed by atoms with Crippen molar-refractivity contribution in [3.8, 4) is 0 Å². The molecule has 1 rings (SSSR count). The summed E-state index contributed by atoms with van der Waals surface area (Å²) in [6.07, 6.45) is 5.87. The fourth-order valence-corrected chi connectivity index (χ4v) is 2.41. The minimum atomic E-state index is -0.217. The maximum atomic E-state index is 11.7. The van der Waals surface area contributed by atoms with Crippen LogP contribution in [0.3, 0.4) is 0 Å². The third-order valence-corrected chi connectivity index (χ3v) is 3.29. The van der Waals surface area contributed by atoms with E-state index in [1.165, 1.54) is 11.8 Å². The Kier molecular flexibility index (Phi) is 5.60. The van der Waals surface area contributed by atoms with Crippen molar-refractivity contribution >= 4 is 22.8 Å². The molecule has 0 aromatic heterocycles. The number of hydrogen-bond donors (Lipinski definition) is 0. The van der Waals surface area contributed by atoms with E-state index in [1.54, 1.807) is 13.2 Å². The Morgan fingerprint density at radius 2 is 2.00 bits per heavy atom. The van der Waals surface area contributed by atoms with Crippen LogP contribution in [0.5, 0.6) is 0 Å². The molecule has 0 N–H and O–H groups in total. The highest BCUT2D eigenvalue weighted by molar-refractivity contribution is 8.13. The summed E-state index contributed by atoms with van der Waals surface area (Å²) < 4.78 is 4.92. The number of thioether (sulfide) groups is 1. The van der Waals surface area contributed by atoms with Gasteiger partial charge in [0.2, 0.25) is 5.12 Å². The molecule has 0 spiro atoms. The van der Waals surface area contributed by atoms with E-state index in [-0.39, 0.29) is 17.5 Å². The lowest BCUT2D eigenvalue weighted by Crippen LogP contribution is -2.12. The van der Waals surface area contributed by atoms with Gasteiger partial charge in [0.15, 0.2) is 0 Å². The van der Waals surface area contributed by atoms with Crippen LogP contribution in [0, 0.1) is 0 Å². The molecular formula is C12H18O3S. The summed E-state index contributed by atoms with van der Waals surface area (Å²) in [7, 11) is 0. The zero-order valence-electron chi connectivity index (χ0n) is 9.88. The standard InChI is InChI=1S/C12H18O3S/c1-3-15-11(13)8-9-6-4-5-7-10(9)12(14)16-2/h3-8H2,1-2H3. The Morgan fingerprint density at radius 1 is 1.31 bits per heavy atom. The molecule has 0 bridgehead atoms. The summed E-state index contributed by atoms with van der Waals surface area (Å²) in [6, 6.07) is 0. The van der Waals surface area contributed by atoms with Gasteiger partial charge in [-0.2, -0.15) is 0 Å². The van der Waals surface area contributed by atoms with E-state index < -0.39 is 0 Å². The van der Waals surface area contributed by atoms with Gasteiger partial charge in [-0.25, -0.2) is 0 Å². The Hall–Kier alpha value is -0.770. The van der Waals surface area contributed by atoms with Gasteiger partial charge in [-0.3, -0.25) is 9.59 Å². The normalized spacial score (nSPS) is 16.1. The van der Waals surface area contributed by atoms with E-state index in [0.29, 0.717) is 6.61 Å². The largest absolute Gasteiger partial charge is 0.466 e.